The van der Waals surface area contributed by atoms with E-state index in [1.165, 1.54) is 18.4 Å². The lowest BCUT2D eigenvalue weighted by atomic mass is 9.55. The SMILES string of the molecule is CC(C)CCCCCCN(C(=O)Oc1ccc2c(c1)CCC1C2CCC2(C)C(OCCCOC(C(F)(F)F)(C(F)(F)F)C(F)(F)F)CCC12)C1CCSSC1. The van der Waals surface area contributed by atoms with Crippen LogP contribution in [-0.2, 0) is 15.9 Å². The highest BCUT2D eigenvalue weighted by molar-refractivity contribution is 8.76. The summed E-state index contributed by atoms with van der Waals surface area (Å²) in [4.78, 5) is 15.5. The molecule has 16 heteroatoms. The van der Waals surface area contributed by atoms with Gasteiger partial charge in [0.25, 0.3) is 0 Å². The minimum Gasteiger partial charge on any atom is -0.410 e. The standard InChI is InChI=1S/C39H54F9NO4S2/c1-25(2)9-6-4-5-7-19-49(27-17-22-54-55-24-27)34(50)53-28-11-13-29-26(23-28)10-12-31-30(29)16-18-35(3)32(31)14-15-33(35)51-20-8-21-52-36(37(40,41)42,38(43,44)45)39(46,47)48/h11,13,23,25,27,30-33H,4-10,12,14-22,24H2,1-3H3. The van der Waals surface area contributed by atoms with Gasteiger partial charge < -0.3 is 19.1 Å². The van der Waals surface area contributed by atoms with Crippen LogP contribution in [0.15, 0.2) is 18.2 Å². The Kier molecular flexibility index (Phi) is 14.7. The molecule has 0 radical (unpaired) electrons. The van der Waals surface area contributed by atoms with Crippen LogP contribution < -0.4 is 4.74 Å². The number of hydrogen-bond acceptors (Lipinski definition) is 6. The molecule has 0 aromatic heterocycles. The quantitative estimate of drug-likeness (QED) is 0.0996. The van der Waals surface area contributed by atoms with E-state index in [1.807, 2.05) is 27.8 Å². The molecule has 2 saturated carbocycles. The molecule has 0 N–H and O–H groups in total. The smallest absolute Gasteiger partial charge is 0.410 e. The van der Waals surface area contributed by atoms with Crippen molar-refractivity contribution in [1.82, 2.24) is 4.90 Å². The van der Waals surface area contributed by atoms with Crippen LogP contribution in [0.4, 0.5) is 44.3 Å². The Labute approximate surface area is 326 Å². The molecule has 5 rings (SSSR count). The zero-order chi connectivity index (χ0) is 40.2. The van der Waals surface area contributed by atoms with E-state index in [2.05, 4.69) is 31.6 Å². The van der Waals surface area contributed by atoms with Gasteiger partial charge in [0.1, 0.15) is 5.75 Å². The molecule has 1 amide bonds. The van der Waals surface area contributed by atoms with Crippen molar-refractivity contribution in [3.8, 4) is 5.75 Å². The maximum absolute atomic E-state index is 13.6. The summed E-state index contributed by atoms with van der Waals surface area (Å²) in [5.41, 5.74) is -4.16. The first-order valence-electron chi connectivity index (χ1n) is 19.6. The van der Waals surface area contributed by atoms with Gasteiger partial charge in [-0.2, -0.15) is 39.5 Å². The van der Waals surface area contributed by atoms with Crippen molar-refractivity contribution in [1.29, 1.82) is 0 Å². The first-order valence-corrected chi connectivity index (χ1v) is 22.1. The lowest BCUT2D eigenvalue weighted by molar-refractivity contribution is -0.457. The van der Waals surface area contributed by atoms with Crippen molar-refractivity contribution in [3.63, 3.8) is 0 Å². The average Bonchev–Trinajstić information content (AvgIpc) is 3.43. The minimum absolute atomic E-state index is 0.148. The van der Waals surface area contributed by atoms with Gasteiger partial charge in [0.05, 0.1) is 12.7 Å². The van der Waals surface area contributed by atoms with E-state index < -0.39 is 37.2 Å². The monoisotopic (exact) mass is 835 g/mol. The Bertz CT molecular complexity index is 1380. The molecular formula is C39H54F9NO4S2. The second kappa shape index (κ2) is 18.2. The Morgan fingerprint density at radius 2 is 1.58 bits per heavy atom. The van der Waals surface area contributed by atoms with Crippen LogP contribution >= 0.6 is 21.6 Å². The van der Waals surface area contributed by atoms with Crippen LogP contribution in [0.3, 0.4) is 0 Å². The second-order valence-corrected chi connectivity index (χ2v) is 19.0. The van der Waals surface area contributed by atoms with Crippen molar-refractivity contribution in [2.24, 2.45) is 23.2 Å². The number of carbonyl (C=O) groups is 1. The zero-order valence-electron chi connectivity index (χ0n) is 31.7. The van der Waals surface area contributed by atoms with Crippen LogP contribution in [0.25, 0.3) is 0 Å². The summed E-state index contributed by atoms with van der Waals surface area (Å²) < 4.78 is 135. The number of fused-ring (bicyclic) bond motifs is 5. The summed E-state index contributed by atoms with van der Waals surface area (Å²) in [5, 5.41) is 0. The Balaban J connectivity index is 1.16. The molecule has 6 atom stereocenters. The number of amides is 1. The third kappa shape index (κ3) is 9.86. The first kappa shape index (κ1) is 44.6. The van der Waals surface area contributed by atoms with Gasteiger partial charge in [-0.05, 0) is 110 Å². The van der Waals surface area contributed by atoms with E-state index in [4.69, 9.17) is 9.47 Å². The Morgan fingerprint density at radius 3 is 2.24 bits per heavy atom. The molecule has 1 heterocycles. The van der Waals surface area contributed by atoms with Crippen LogP contribution in [0.1, 0.15) is 115 Å². The number of carbonyl (C=O) groups excluding carboxylic acids is 1. The molecule has 6 unspecified atom stereocenters. The minimum atomic E-state index is -6.75. The van der Waals surface area contributed by atoms with E-state index in [-0.39, 0.29) is 42.1 Å². The number of hydrogen-bond donors (Lipinski definition) is 0. The predicted octanol–water partition coefficient (Wildman–Crippen LogP) is 12.3. The fourth-order valence-electron chi connectivity index (χ4n) is 9.55. The van der Waals surface area contributed by atoms with E-state index in [0.29, 0.717) is 30.6 Å². The van der Waals surface area contributed by atoms with Gasteiger partial charge in [-0.15, -0.1) is 0 Å². The molecule has 5 nitrogen and oxygen atoms in total. The van der Waals surface area contributed by atoms with Gasteiger partial charge >= 0.3 is 30.2 Å². The third-order valence-electron chi connectivity index (χ3n) is 12.4. The number of halogens is 9. The number of alkyl halides is 9. The fourth-order valence-corrected chi connectivity index (χ4v) is 12.0. The molecule has 55 heavy (non-hydrogen) atoms. The van der Waals surface area contributed by atoms with Crippen molar-refractivity contribution < 1.29 is 58.5 Å². The predicted molar refractivity (Wildman–Crippen MR) is 196 cm³/mol. The summed E-state index contributed by atoms with van der Waals surface area (Å²) in [5.74, 6) is 3.99. The molecule has 0 spiro atoms. The lowest BCUT2D eigenvalue weighted by Gasteiger charge is -2.50. The molecule has 3 fully saturated rings. The maximum atomic E-state index is 13.6. The Hall–Kier alpha value is -1.52. The van der Waals surface area contributed by atoms with E-state index in [1.54, 1.807) is 10.8 Å². The van der Waals surface area contributed by atoms with Gasteiger partial charge in [0.2, 0.25) is 0 Å². The highest BCUT2D eigenvalue weighted by Crippen LogP contribution is 2.62. The molecule has 1 aliphatic heterocycles. The molecule has 1 aromatic rings. The number of nitrogens with zero attached hydrogens (tertiary/aromatic N) is 1. The van der Waals surface area contributed by atoms with Crippen molar-refractivity contribution in [2.75, 3.05) is 31.3 Å². The molecule has 314 valence electrons. The molecule has 4 aliphatic rings. The molecule has 3 aliphatic carbocycles. The Morgan fingerprint density at radius 1 is 0.873 bits per heavy atom. The van der Waals surface area contributed by atoms with Crippen LogP contribution in [0, 0.1) is 23.2 Å². The maximum Gasteiger partial charge on any atom is 0.435 e. The normalized spacial score (nSPS) is 27.4. The van der Waals surface area contributed by atoms with Gasteiger partial charge in [-0.1, -0.05) is 74.1 Å². The molecule has 1 aromatic carbocycles. The van der Waals surface area contributed by atoms with Crippen molar-refractivity contribution in [3.05, 3.63) is 29.3 Å². The van der Waals surface area contributed by atoms with Gasteiger partial charge in [0, 0.05) is 30.7 Å². The summed E-state index contributed by atoms with van der Waals surface area (Å²) in [6.07, 6.45) is -10.1. The number of rotatable bonds is 15. The van der Waals surface area contributed by atoms with E-state index in [9.17, 15) is 44.3 Å². The van der Waals surface area contributed by atoms with E-state index in [0.717, 1.165) is 74.9 Å². The zero-order valence-corrected chi connectivity index (χ0v) is 33.4. The van der Waals surface area contributed by atoms with Crippen LogP contribution in [0.2, 0.25) is 0 Å². The molecule has 0 bridgehead atoms. The summed E-state index contributed by atoms with van der Waals surface area (Å²) in [6, 6.07) is 6.11. The number of aryl methyl sites for hydroxylation is 1. The summed E-state index contributed by atoms with van der Waals surface area (Å²) >= 11 is 0. The van der Waals surface area contributed by atoms with Crippen molar-refractivity contribution in [2.45, 2.75) is 146 Å². The van der Waals surface area contributed by atoms with Gasteiger partial charge in [0.15, 0.2) is 0 Å². The highest BCUT2D eigenvalue weighted by Gasteiger charge is 2.85. The number of unbranched alkanes of at least 4 members (excludes halogenated alkanes) is 3. The fraction of sp³-hybridized carbons (Fsp3) is 0.821. The van der Waals surface area contributed by atoms with Crippen molar-refractivity contribution >= 4 is 27.7 Å². The van der Waals surface area contributed by atoms with Crippen LogP contribution in [0.5, 0.6) is 5.75 Å². The number of ether oxygens (including phenoxy) is 3. The van der Waals surface area contributed by atoms with Gasteiger partial charge in [-0.3, -0.25) is 0 Å². The topological polar surface area (TPSA) is 48.0 Å². The number of benzene rings is 1. The highest BCUT2D eigenvalue weighted by atomic mass is 33.1. The van der Waals surface area contributed by atoms with Gasteiger partial charge in [-0.25, -0.2) is 4.79 Å². The summed E-state index contributed by atoms with van der Waals surface area (Å²) in [7, 11) is 3.64. The van der Waals surface area contributed by atoms with E-state index >= 15 is 0 Å². The average molecular weight is 836 g/mol. The third-order valence-corrected chi connectivity index (χ3v) is 14.9. The first-order chi connectivity index (χ1) is 25.8. The summed E-state index contributed by atoms with van der Waals surface area (Å²) in [6.45, 7) is 5.49. The second-order valence-electron chi connectivity index (χ2n) is 16.3. The lowest BCUT2D eigenvalue weighted by Crippen LogP contribution is -2.67. The molecule has 1 saturated heterocycles. The molecular weight excluding hydrogens is 782 g/mol. The van der Waals surface area contributed by atoms with Crippen LogP contribution in [-0.4, -0.2) is 78.5 Å². The largest absolute Gasteiger partial charge is 0.435 e.